The van der Waals surface area contributed by atoms with Crippen molar-refractivity contribution in [2.24, 2.45) is 5.92 Å². The summed E-state index contributed by atoms with van der Waals surface area (Å²) < 4.78 is 5.64. The van der Waals surface area contributed by atoms with Crippen molar-refractivity contribution in [1.29, 1.82) is 0 Å². The van der Waals surface area contributed by atoms with Crippen molar-refractivity contribution >= 4 is 23.2 Å². The van der Waals surface area contributed by atoms with Crippen molar-refractivity contribution < 1.29 is 14.3 Å². The minimum atomic E-state index is -0.409. The third kappa shape index (κ3) is 4.40. The largest absolute Gasteiger partial charge is 0.437 e. The summed E-state index contributed by atoms with van der Waals surface area (Å²) in [6, 6.07) is 14.7. The van der Waals surface area contributed by atoms with Crippen molar-refractivity contribution in [3.8, 4) is 11.6 Å². The van der Waals surface area contributed by atoms with Crippen LogP contribution >= 0.6 is 0 Å². The number of aryl methyl sites for hydroxylation is 1. The highest BCUT2D eigenvalue weighted by atomic mass is 16.5. The fourth-order valence-corrected chi connectivity index (χ4v) is 3.20. The van der Waals surface area contributed by atoms with Crippen molar-refractivity contribution in [2.75, 3.05) is 16.8 Å². The topological polar surface area (TPSA) is 84.4 Å². The van der Waals surface area contributed by atoms with Gasteiger partial charge in [-0.3, -0.25) is 14.6 Å². The smallest absolute Gasteiger partial charge is 0.237 e. The Morgan fingerprint density at radius 3 is 2.76 bits per heavy atom. The summed E-state index contributed by atoms with van der Waals surface area (Å²) in [6.07, 6.45) is 4.80. The van der Waals surface area contributed by atoms with Gasteiger partial charge in [0.2, 0.25) is 17.7 Å². The number of nitrogens with zero attached hydrogens (tertiary/aromatic N) is 3. The fourth-order valence-electron chi connectivity index (χ4n) is 3.20. The lowest BCUT2D eigenvalue weighted by Crippen LogP contribution is -2.28. The lowest BCUT2D eigenvalue weighted by molar-refractivity contribution is -0.122. The third-order valence-corrected chi connectivity index (χ3v) is 4.70. The van der Waals surface area contributed by atoms with E-state index in [4.69, 9.17) is 4.74 Å². The van der Waals surface area contributed by atoms with Gasteiger partial charge in [-0.2, -0.15) is 0 Å². The van der Waals surface area contributed by atoms with Crippen LogP contribution in [-0.4, -0.2) is 28.3 Å². The van der Waals surface area contributed by atoms with E-state index in [9.17, 15) is 9.59 Å². The molecular weight excluding hydrogens is 368 g/mol. The molecule has 1 N–H and O–H groups in total. The van der Waals surface area contributed by atoms with E-state index < -0.39 is 5.92 Å². The van der Waals surface area contributed by atoms with Gasteiger partial charge in [-0.15, -0.1) is 0 Å². The standard InChI is InChI=1S/C22H20N4O3/c1-15-5-7-18(8-6-15)26-14-16(11-21(26)27)22(28)25-17-3-2-4-19(12-17)29-20-13-23-9-10-24-20/h2-10,12-13,16H,11,14H2,1H3,(H,25,28)/t16-/m0/s1. The molecule has 3 aromatic rings. The Morgan fingerprint density at radius 1 is 1.17 bits per heavy atom. The molecule has 1 fully saturated rings. The van der Waals surface area contributed by atoms with E-state index in [2.05, 4.69) is 15.3 Å². The van der Waals surface area contributed by atoms with Gasteiger partial charge in [0.1, 0.15) is 5.75 Å². The molecule has 0 radical (unpaired) electrons. The van der Waals surface area contributed by atoms with Crippen molar-refractivity contribution in [3.63, 3.8) is 0 Å². The van der Waals surface area contributed by atoms with Crippen LogP contribution in [0, 0.1) is 12.8 Å². The predicted molar refractivity (Wildman–Crippen MR) is 109 cm³/mol. The van der Waals surface area contributed by atoms with Crippen LogP contribution in [-0.2, 0) is 9.59 Å². The number of carbonyl (C=O) groups is 2. The monoisotopic (exact) mass is 388 g/mol. The zero-order chi connectivity index (χ0) is 20.2. The minimum absolute atomic E-state index is 0.0475. The molecule has 7 nitrogen and oxygen atoms in total. The van der Waals surface area contributed by atoms with Gasteiger partial charge in [0.15, 0.2) is 0 Å². The Kier molecular flexibility index (Phi) is 5.20. The van der Waals surface area contributed by atoms with E-state index in [1.165, 1.54) is 12.4 Å². The first-order chi connectivity index (χ1) is 14.1. The quantitative estimate of drug-likeness (QED) is 0.722. The summed E-state index contributed by atoms with van der Waals surface area (Å²) in [5.74, 6) is 0.255. The van der Waals surface area contributed by atoms with Crippen LogP contribution < -0.4 is 15.0 Å². The number of anilines is 2. The normalized spacial score (nSPS) is 16.0. The molecule has 1 aliphatic rings. The Morgan fingerprint density at radius 2 is 2.00 bits per heavy atom. The molecular formula is C22H20N4O3. The van der Waals surface area contributed by atoms with Gasteiger partial charge in [0, 0.05) is 42.8 Å². The molecule has 4 rings (SSSR count). The van der Waals surface area contributed by atoms with E-state index >= 15 is 0 Å². The molecule has 1 saturated heterocycles. The van der Waals surface area contributed by atoms with Gasteiger partial charge in [-0.1, -0.05) is 23.8 Å². The summed E-state index contributed by atoms with van der Waals surface area (Å²) in [7, 11) is 0. The lowest BCUT2D eigenvalue weighted by atomic mass is 10.1. The second kappa shape index (κ2) is 8.10. The number of rotatable bonds is 5. The molecule has 0 saturated carbocycles. The van der Waals surface area contributed by atoms with Crippen LogP contribution in [0.3, 0.4) is 0 Å². The maximum atomic E-state index is 12.7. The summed E-state index contributed by atoms with van der Waals surface area (Å²) in [6.45, 7) is 2.36. The van der Waals surface area contributed by atoms with E-state index in [1.807, 2.05) is 31.2 Å². The summed E-state index contributed by atoms with van der Waals surface area (Å²) in [5.41, 5.74) is 2.53. The van der Waals surface area contributed by atoms with Crippen LogP contribution in [0.5, 0.6) is 11.6 Å². The van der Waals surface area contributed by atoms with Crippen molar-refractivity contribution in [2.45, 2.75) is 13.3 Å². The molecule has 2 aromatic carbocycles. The number of amides is 2. The summed E-state index contributed by atoms with van der Waals surface area (Å²) in [4.78, 5) is 34.8. The van der Waals surface area contributed by atoms with Gasteiger partial charge in [-0.25, -0.2) is 4.98 Å². The van der Waals surface area contributed by atoms with Crippen molar-refractivity contribution in [3.05, 3.63) is 72.7 Å². The van der Waals surface area contributed by atoms with E-state index in [0.29, 0.717) is 23.9 Å². The van der Waals surface area contributed by atoms with E-state index in [1.54, 1.807) is 35.4 Å². The second-order valence-corrected chi connectivity index (χ2v) is 6.90. The SMILES string of the molecule is Cc1ccc(N2C[C@@H](C(=O)Nc3cccc(Oc4cnccn4)c3)CC2=O)cc1. The zero-order valence-corrected chi connectivity index (χ0v) is 15.9. The summed E-state index contributed by atoms with van der Waals surface area (Å²) >= 11 is 0. The molecule has 0 aliphatic carbocycles. The molecule has 146 valence electrons. The Hall–Kier alpha value is -3.74. The average Bonchev–Trinajstić information content (AvgIpc) is 3.11. The fraction of sp³-hybridized carbons (Fsp3) is 0.182. The molecule has 0 spiro atoms. The number of carbonyl (C=O) groups excluding carboxylic acids is 2. The molecule has 1 aromatic heterocycles. The van der Waals surface area contributed by atoms with Gasteiger partial charge >= 0.3 is 0 Å². The van der Waals surface area contributed by atoms with E-state index in [-0.39, 0.29) is 18.2 Å². The van der Waals surface area contributed by atoms with Crippen LogP contribution in [0.2, 0.25) is 0 Å². The van der Waals surface area contributed by atoms with Gasteiger partial charge < -0.3 is 15.0 Å². The average molecular weight is 388 g/mol. The van der Waals surface area contributed by atoms with Crippen LogP contribution in [0.15, 0.2) is 67.1 Å². The lowest BCUT2D eigenvalue weighted by Gasteiger charge is -2.17. The maximum absolute atomic E-state index is 12.7. The first-order valence-electron chi connectivity index (χ1n) is 9.30. The van der Waals surface area contributed by atoms with Gasteiger partial charge in [0.05, 0.1) is 12.1 Å². The molecule has 29 heavy (non-hydrogen) atoms. The maximum Gasteiger partial charge on any atom is 0.237 e. The van der Waals surface area contributed by atoms with Crippen molar-refractivity contribution in [1.82, 2.24) is 9.97 Å². The Labute approximate surface area is 168 Å². The first-order valence-corrected chi connectivity index (χ1v) is 9.30. The van der Waals surface area contributed by atoms with Crippen LogP contribution in [0.4, 0.5) is 11.4 Å². The number of nitrogens with one attached hydrogen (secondary N) is 1. The number of hydrogen-bond acceptors (Lipinski definition) is 5. The minimum Gasteiger partial charge on any atom is -0.437 e. The molecule has 0 bridgehead atoms. The molecule has 2 heterocycles. The van der Waals surface area contributed by atoms with Gasteiger partial charge in [-0.05, 0) is 31.2 Å². The number of hydrogen-bond donors (Lipinski definition) is 1. The third-order valence-electron chi connectivity index (χ3n) is 4.70. The second-order valence-electron chi connectivity index (χ2n) is 6.90. The number of aromatic nitrogens is 2. The molecule has 1 aliphatic heterocycles. The Balaban J connectivity index is 1.41. The highest BCUT2D eigenvalue weighted by Crippen LogP contribution is 2.27. The molecule has 0 unspecified atom stereocenters. The highest BCUT2D eigenvalue weighted by molar-refractivity contribution is 6.03. The molecule has 7 heteroatoms. The molecule has 2 amide bonds. The molecule has 1 atom stereocenters. The predicted octanol–water partition coefficient (Wildman–Crippen LogP) is 3.57. The highest BCUT2D eigenvalue weighted by Gasteiger charge is 2.35. The van der Waals surface area contributed by atoms with Crippen LogP contribution in [0.1, 0.15) is 12.0 Å². The Bertz CT molecular complexity index is 1020. The number of benzene rings is 2. The first kappa shape index (κ1) is 18.6. The van der Waals surface area contributed by atoms with Crippen LogP contribution in [0.25, 0.3) is 0 Å². The summed E-state index contributed by atoms with van der Waals surface area (Å²) in [5, 5.41) is 2.88. The zero-order valence-electron chi connectivity index (χ0n) is 15.9. The van der Waals surface area contributed by atoms with E-state index in [0.717, 1.165) is 11.3 Å². The number of ether oxygens (including phenoxy) is 1. The van der Waals surface area contributed by atoms with Gasteiger partial charge in [0.25, 0.3) is 0 Å².